The van der Waals surface area contributed by atoms with Crippen LogP contribution in [0.2, 0.25) is 0 Å². The number of hydrogen-bond donors (Lipinski definition) is 0. The Labute approximate surface area is 132 Å². The number of nitrogens with zero attached hydrogens (tertiary/aromatic N) is 3. The monoisotopic (exact) mass is 309 g/mol. The third-order valence-corrected chi connectivity index (χ3v) is 3.48. The molecule has 116 valence electrons. The van der Waals surface area contributed by atoms with Gasteiger partial charge in [0, 0.05) is 24.4 Å². The first-order valence-electron chi connectivity index (χ1n) is 7.03. The van der Waals surface area contributed by atoms with Crippen LogP contribution in [0.4, 0.5) is 0 Å². The fraction of sp³-hybridized carbons (Fsp3) is 0.118. The summed E-state index contributed by atoms with van der Waals surface area (Å²) in [4.78, 5) is 29.2. The third-order valence-electron chi connectivity index (χ3n) is 3.48. The molecule has 0 fully saturated rings. The normalized spacial score (nSPS) is 10.7. The molecule has 2 aromatic heterocycles. The summed E-state index contributed by atoms with van der Waals surface area (Å²) < 4.78 is 7.97. The van der Waals surface area contributed by atoms with Gasteiger partial charge in [-0.15, -0.1) is 6.58 Å². The molecule has 0 aliphatic heterocycles. The quantitative estimate of drug-likeness (QED) is 0.533. The Morgan fingerprint density at radius 1 is 1.35 bits per heavy atom. The van der Waals surface area contributed by atoms with E-state index in [4.69, 9.17) is 4.74 Å². The highest BCUT2D eigenvalue weighted by atomic mass is 16.5. The van der Waals surface area contributed by atoms with Crippen LogP contribution < -0.4 is 10.4 Å². The zero-order chi connectivity index (χ0) is 16.4. The molecular formula is C17H15N3O3. The molecular weight excluding hydrogens is 294 g/mol. The van der Waals surface area contributed by atoms with Crippen LogP contribution in [-0.4, -0.2) is 26.8 Å². The fourth-order valence-corrected chi connectivity index (χ4v) is 2.38. The second kappa shape index (κ2) is 5.92. The minimum Gasteiger partial charge on any atom is -0.482 e. The van der Waals surface area contributed by atoms with Gasteiger partial charge in [0.1, 0.15) is 11.3 Å². The lowest BCUT2D eigenvalue weighted by Crippen LogP contribution is -2.26. The average molecular weight is 309 g/mol. The van der Waals surface area contributed by atoms with Gasteiger partial charge < -0.3 is 4.74 Å². The number of allylic oxidation sites excluding steroid dienone is 1. The molecule has 3 aromatic rings. The first-order valence-corrected chi connectivity index (χ1v) is 7.03. The van der Waals surface area contributed by atoms with Crippen molar-refractivity contribution in [2.24, 2.45) is 0 Å². The van der Waals surface area contributed by atoms with E-state index in [-0.39, 0.29) is 17.2 Å². The number of hydrogen-bond acceptors (Lipinski definition) is 4. The van der Waals surface area contributed by atoms with Gasteiger partial charge in [0.25, 0.3) is 0 Å². The number of ether oxygens (including phenoxy) is 1. The molecule has 6 heteroatoms. The highest BCUT2D eigenvalue weighted by molar-refractivity contribution is 6.07. The molecule has 0 saturated carbocycles. The number of methoxy groups -OCH3 is 1. The largest absolute Gasteiger partial charge is 0.482 e. The van der Waals surface area contributed by atoms with E-state index in [9.17, 15) is 9.59 Å². The first kappa shape index (κ1) is 14.8. The maximum atomic E-state index is 12.5. The van der Waals surface area contributed by atoms with Gasteiger partial charge in [-0.3, -0.25) is 13.8 Å². The number of carbonyl (C=O) groups excluding carboxylic acids is 1. The summed E-state index contributed by atoms with van der Waals surface area (Å²) in [5.74, 6) is 0.134. The van der Waals surface area contributed by atoms with Crippen molar-refractivity contribution in [2.45, 2.75) is 6.54 Å². The van der Waals surface area contributed by atoms with Crippen molar-refractivity contribution in [3.8, 4) is 5.88 Å². The molecule has 0 saturated heterocycles. The number of carbonyl (C=O) groups is 1. The lowest BCUT2D eigenvalue weighted by Gasteiger charge is -2.09. The van der Waals surface area contributed by atoms with Gasteiger partial charge in [-0.05, 0) is 0 Å². The Morgan fingerprint density at radius 3 is 2.74 bits per heavy atom. The Kier molecular flexibility index (Phi) is 3.80. The summed E-state index contributed by atoms with van der Waals surface area (Å²) in [6.07, 6.45) is 3.05. The van der Waals surface area contributed by atoms with E-state index in [1.165, 1.54) is 22.3 Å². The molecule has 0 aliphatic carbocycles. The van der Waals surface area contributed by atoms with Crippen molar-refractivity contribution >= 4 is 11.4 Å². The maximum absolute atomic E-state index is 12.5. The van der Waals surface area contributed by atoms with E-state index in [0.717, 1.165) is 0 Å². The topological polar surface area (TPSA) is 65.6 Å². The number of benzene rings is 1. The smallest absolute Gasteiger partial charge is 0.337 e. The number of fused-ring (bicyclic) bond motifs is 1. The van der Waals surface area contributed by atoms with Gasteiger partial charge in [0.05, 0.1) is 7.11 Å². The Hall–Kier alpha value is -3.15. The predicted octanol–water partition coefficient (Wildman–Crippen LogP) is 1.92. The number of rotatable bonds is 5. The molecule has 0 spiro atoms. The van der Waals surface area contributed by atoms with Crippen LogP contribution in [0.25, 0.3) is 5.65 Å². The molecule has 2 heterocycles. The van der Waals surface area contributed by atoms with Crippen LogP contribution in [0.15, 0.2) is 60.0 Å². The molecule has 1 aromatic carbocycles. The number of aromatic nitrogens is 3. The fourth-order valence-electron chi connectivity index (χ4n) is 2.38. The van der Waals surface area contributed by atoms with E-state index in [2.05, 4.69) is 11.6 Å². The molecule has 0 unspecified atom stereocenters. The summed E-state index contributed by atoms with van der Waals surface area (Å²) in [7, 11) is 1.48. The van der Waals surface area contributed by atoms with E-state index in [1.807, 2.05) is 6.07 Å². The average Bonchev–Trinajstić information content (AvgIpc) is 3.01. The molecule has 0 aliphatic rings. The van der Waals surface area contributed by atoms with E-state index < -0.39 is 0 Å². The second-order valence-corrected chi connectivity index (χ2v) is 4.92. The van der Waals surface area contributed by atoms with Gasteiger partial charge in [-0.25, -0.2) is 9.78 Å². The summed E-state index contributed by atoms with van der Waals surface area (Å²) in [6.45, 7) is 3.94. The molecule has 3 rings (SSSR count). The van der Waals surface area contributed by atoms with Crippen LogP contribution in [0.1, 0.15) is 16.1 Å². The Morgan fingerprint density at radius 2 is 2.09 bits per heavy atom. The maximum Gasteiger partial charge on any atom is 0.337 e. The van der Waals surface area contributed by atoms with Crippen LogP contribution in [0.3, 0.4) is 0 Å². The summed E-state index contributed by atoms with van der Waals surface area (Å²) in [6, 6.07) is 10.4. The molecule has 0 bridgehead atoms. The van der Waals surface area contributed by atoms with Gasteiger partial charge in [-0.1, -0.05) is 36.4 Å². The van der Waals surface area contributed by atoms with Crippen LogP contribution in [-0.2, 0) is 6.54 Å². The first-order chi connectivity index (χ1) is 11.2. The van der Waals surface area contributed by atoms with Crippen molar-refractivity contribution in [2.75, 3.05) is 7.11 Å². The number of imidazole rings is 1. The lowest BCUT2D eigenvalue weighted by molar-refractivity contribution is 0.103. The highest BCUT2D eigenvalue weighted by Gasteiger charge is 2.16. The van der Waals surface area contributed by atoms with Crippen molar-refractivity contribution in [3.05, 3.63) is 77.0 Å². The van der Waals surface area contributed by atoms with E-state index in [1.54, 1.807) is 36.4 Å². The molecule has 0 atom stereocenters. The van der Waals surface area contributed by atoms with Gasteiger partial charge in [0.15, 0.2) is 0 Å². The standard InChI is InChI=1S/C17H15N3O3/c1-3-9-19-15(23-2)10-14-18-13(11-20(14)17(19)22)16(21)12-7-5-4-6-8-12/h3-8,10-11H,1,9H2,2H3. The molecule has 6 nitrogen and oxygen atoms in total. The Bertz CT molecular complexity index is 939. The Balaban J connectivity index is 2.16. The highest BCUT2D eigenvalue weighted by Crippen LogP contribution is 2.14. The van der Waals surface area contributed by atoms with Crippen molar-refractivity contribution in [1.29, 1.82) is 0 Å². The van der Waals surface area contributed by atoms with Gasteiger partial charge >= 0.3 is 5.69 Å². The van der Waals surface area contributed by atoms with E-state index >= 15 is 0 Å². The number of ketones is 1. The predicted molar refractivity (Wildman–Crippen MR) is 86.1 cm³/mol. The molecule has 0 amide bonds. The molecule has 0 N–H and O–H groups in total. The lowest BCUT2D eigenvalue weighted by atomic mass is 10.1. The van der Waals surface area contributed by atoms with Crippen LogP contribution >= 0.6 is 0 Å². The van der Waals surface area contributed by atoms with Crippen molar-refractivity contribution < 1.29 is 9.53 Å². The van der Waals surface area contributed by atoms with E-state index in [0.29, 0.717) is 23.6 Å². The zero-order valence-electron chi connectivity index (χ0n) is 12.6. The summed E-state index contributed by atoms with van der Waals surface area (Å²) in [5.41, 5.74) is 0.770. The summed E-state index contributed by atoms with van der Waals surface area (Å²) >= 11 is 0. The van der Waals surface area contributed by atoms with Crippen molar-refractivity contribution in [3.63, 3.8) is 0 Å². The van der Waals surface area contributed by atoms with Crippen molar-refractivity contribution in [1.82, 2.24) is 14.0 Å². The zero-order valence-corrected chi connectivity index (χ0v) is 12.6. The SMILES string of the molecule is C=CCn1c(OC)cc2nc(C(=O)c3ccccc3)cn2c1=O. The second-order valence-electron chi connectivity index (χ2n) is 4.92. The summed E-state index contributed by atoms with van der Waals surface area (Å²) in [5, 5.41) is 0. The molecule has 0 radical (unpaired) electrons. The van der Waals surface area contributed by atoms with Crippen LogP contribution in [0.5, 0.6) is 5.88 Å². The minimum absolute atomic E-state index is 0.215. The van der Waals surface area contributed by atoms with Gasteiger partial charge in [-0.2, -0.15) is 0 Å². The van der Waals surface area contributed by atoms with Gasteiger partial charge in [0.2, 0.25) is 11.7 Å². The minimum atomic E-state index is -0.334. The third kappa shape index (κ3) is 2.55. The van der Waals surface area contributed by atoms with Crippen LogP contribution in [0, 0.1) is 0 Å². The molecule has 23 heavy (non-hydrogen) atoms.